The smallest absolute Gasteiger partial charge is 0.190 e. The summed E-state index contributed by atoms with van der Waals surface area (Å²) in [5.74, 6) is 0.856. The van der Waals surface area contributed by atoms with Gasteiger partial charge in [-0.25, -0.2) is 0 Å². The molecule has 0 spiro atoms. The molecular weight excluding hydrogens is 429 g/mol. The molecule has 1 aromatic rings. The van der Waals surface area contributed by atoms with Gasteiger partial charge in [0.1, 0.15) is 0 Å². The van der Waals surface area contributed by atoms with Gasteiger partial charge in [-0.2, -0.15) is 0 Å². The van der Waals surface area contributed by atoms with Crippen molar-refractivity contribution in [1.29, 1.82) is 0 Å². The van der Waals surface area contributed by atoms with Crippen LogP contribution < -0.4 is 10.6 Å². The van der Waals surface area contributed by atoms with Crippen molar-refractivity contribution in [3.8, 4) is 0 Å². The Morgan fingerprint density at radius 3 is 2.60 bits per heavy atom. The van der Waals surface area contributed by atoms with Gasteiger partial charge in [-0.1, -0.05) is 6.07 Å². The predicted octanol–water partition coefficient (Wildman–Crippen LogP) is 1.91. The van der Waals surface area contributed by atoms with Crippen molar-refractivity contribution in [3.63, 3.8) is 0 Å². The van der Waals surface area contributed by atoms with E-state index in [0.717, 1.165) is 57.2 Å². The Labute approximate surface area is 168 Å². The van der Waals surface area contributed by atoms with Gasteiger partial charge < -0.3 is 15.4 Å². The number of ether oxygens (including phenoxy) is 1. The van der Waals surface area contributed by atoms with E-state index in [-0.39, 0.29) is 24.0 Å². The quantitative estimate of drug-likeness (QED) is 0.281. The first-order valence-electron chi connectivity index (χ1n) is 8.89. The molecule has 1 fully saturated rings. The first-order chi connectivity index (χ1) is 11.7. The number of rotatable bonds is 7. The Bertz CT molecular complexity index is 489. The van der Waals surface area contributed by atoms with Gasteiger partial charge in [-0.05, 0) is 32.4 Å². The molecule has 25 heavy (non-hydrogen) atoms. The first-order valence-corrected chi connectivity index (χ1v) is 8.89. The zero-order chi connectivity index (χ0) is 17.2. The van der Waals surface area contributed by atoms with Crippen molar-refractivity contribution in [2.45, 2.75) is 38.9 Å². The lowest BCUT2D eigenvalue weighted by atomic mass is 10.2. The number of halogens is 1. The Morgan fingerprint density at radius 1 is 1.24 bits per heavy atom. The molecule has 0 amide bonds. The molecule has 0 saturated carbocycles. The van der Waals surface area contributed by atoms with Crippen LogP contribution in [0, 0.1) is 0 Å². The number of hydrogen-bond donors (Lipinski definition) is 2. The summed E-state index contributed by atoms with van der Waals surface area (Å²) in [5.41, 5.74) is 1.09. The molecule has 2 atom stereocenters. The van der Waals surface area contributed by atoms with E-state index < -0.39 is 0 Å². The van der Waals surface area contributed by atoms with E-state index in [0.29, 0.717) is 12.2 Å². The van der Waals surface area contributed by atoms with Crippen molar-refractivity contribution in [2.24, 2.45) is 4.99 Å². The minimum absolute atomic E-state index is 0. The van der Waals surface area contributed by atoms with Gasteiger partial charge in [-0.3, -0.25) is 14.9 Å². The van der Waals surface area contributed by atoms with Crippen LogP contribution >= 0.6 is 24.0 Å². The molecule has 0 aliphatic carbocycles. The first kappa shape index (κ1) is 22.1. The molecule has 0 radical (unpaired) electrons. The van der Waals surface area contributed by atoms with Crippen molar-refractivity contribution >= 4 is 29.9 Å². The normalized spacial score (nSPS) is 21.5. The molecule has 2 unspecified atom stereocenters. The van der Waals surface area contributed by atoms with Crippen molar-refractivity contribution in [2.75, 3.05) is 39.8 Å². The van der Waals surface area contributed by atoms with E-state index in [4.69, 9.17) is 4.74 Å². The minimum Gasteiger partial charge on any atom is -0.373 e. The number of nitrogens with zero attached hydrogens (tertiary/aromatic N) is 3. The number of guanidine groups is 1. The van der Waals surface area contributed by atoms with E-state index in [1.807, 2.05) is 24.4 Å². The zero-order valence-corrected chi connectivity index (χ0v) is 17.9. The fraction of sp³-hybridized carbons (Fsp3) is 0.667. The number of pyridine rings is 1. The molecule has 1 aromatic heterocycles. The van der Waals surface area contributed by atoms with Crippen LogP contribution in [0.25, 0.3) is 0 Å². The number of aromatic nitrogens is 1. The highest BCUT2D eigenvalue weighted by Gasteiger charge is 2.21. The summed E-state index contributed by atoms with van der Waals surface area (Å²) >= 11 is 0. The fourth-order valence-electron chi connectivity index (χ4n) is 3.05. The molecule has 6 nitrogen and oxygen atoms in total. The van der Waals surface area contributed by atoms with Crippen LogP contribution in [-0.2, 0) is 11.2 Å². The fourth-order valence-corrected chi connectivity index (χ4v) is 3.05. The van der Waals surface area contributed by atoms with Crippen molar-refractivity contribution < 1.29 is 4.74 Å². The lowest BCUT2D eigenvalue weighted by Gasteiger charge is -2.35. The molecule has 0 bridgehead atoms. The lowest BCUT2D eigenvalue weighted by Crippen LogP contribution is -2.46. The highest BCUT2D eigenvalue weighted by Crippen LogP contribution is 2.10. The number of hydrogen-bond acceptors (Lipinski definition) is 4. The lowest BCUT2D eigenvalue weighted by molar-refractivity contribution is -0.0679. The second-order valence-corrected chi connectivity index (χ2v) is 6.37. The molecule has 1 aliphatic rings. The van der Waals surface area contributed by atoms with E-state index >= 15 is 0 Å². The van der Waals surface area contributed by atoms with Crippen LogP contribution in [0.1, 0.15) is 26.0 Å². The van der Waals surface area contributed by atoms with Gasteiger partial charge >= 0.3 is 0 Å². The summed E-state index contributed by atoms with van der Waals surface area (Å²) in [5, 5.41) is 6.71. The second-order valence-electron chi connectivity index (χ2n) is 6.37. The predicted molar refractivity (Wildman–Crippen MR) is 114 cm³/mol. The summed E-state index contributed by atoms with van der Waals surface area (Å²) in [6.07, 6.45) is 4.49. The average Bonchev–Trinajstić information content (AvgIpc) is 2.57. The van der Waals surface area contributed by atoms with E-state index in [1.165, 1.54) is 0 Å². The second kappa shape index (κ2) is 12.4. The largest absolute Gasteiger partial charge is 0.373 e. The molecule has 7 heteroatoms. The Kier molecular flexibility index (Phi) is 11.0. The maximum Gasteiger partial charge on any atom is 0.190 e. The Balaban J connectivity index is 0.00000312. The van der Waals surface area contributed by atoms with Gasteiger partial charge in [0.25, 0.3) is 0 Å². The number of morpholine rings is 1. The minimum atomic E-state index is 0. The van der Waals surface area contributed by atoms with Crippen LogP contribution in [0.3, 0.4) is 0 Å². The zero-order valence-electron chi connectivity index (χ0n) is 15.6. The highest BCUT2D eigenvalue weighted by molar-refractivity contribution is 14.0. The monoisotopic (exact) mass is 461 g/mol. The molecule has 2 heterocycles. The van der Waals surface area contributed by atoms with Crippen molar-refractivity contribution in [3.05, 3.63) is 30.1 Å². The van der Waals surface area contributed by atoms with E-state index in [2.05, 4.69) is 39.4 Å². The van der Waals surface area contributed by atoms with E-state index in [1.54, 1.807) is 7.05 Å². The molecule has 2 N–H and O–H groups in total. The standard InChI is InChI=1S/C18H31N5O.HI/c1-15-13-23(14-16(2)24-15)12-6-10-21-18(19-3)22-11-8-17-7-4-5-9-20-17;/h4-5,7,9,15-16H,6,8,10-14H2,1-3H3,(H2,19,21,22);1H. The summed E-state index contributed by atoms with van der Waals surface area (Å²) in [7, 11) is 1.81. The van der Waals surface area contributed by atoms with Gasteiger partial charge in [0.05, 0.1) is 12.2 Å². The average molecular weight is 461 g/mol. The number of nitrogens with one attached hydrogen (secondary N) is 2. The van der Waals surface area contributed by atoms with Gasteiger partial charge in [0.2, 0.25) is 0 Å². The van der Waals surface area contributed by atoms with Gasteiger partial charge in [-0.15, -0.1) is 24.0 Å². The molecule has 2 rings (SSSR count). The topological polar surface area (TPSA) is 61.8 Å². The Hall–Kier alpha value is -0.930. The summed E-state index contributed by atoms with van der Waals surface area (Å²) in [6, 6.07) is 6.00. The summed E-state index contributed by atoms with van der Waals surface area (Å²) in [6.45, 7) is 9.19. The number of aliphatic imine (C=N–C) groups is 1. The molecular formula is C18H32IN5O. The third kappa shape index (κ3) is 8.82. The SMILES string of the molecule is CN=C(NCCCN1CC(C)OC(C)C1)NCCc1ccccn1.I. The molecule has 0 aromatic carbocycles. The molecule has 1 saturated heterocycles. The van der Waals surface area contributed by atoms with Gasteiger partial charge in [0, 0.05) is 58.1 Å². The highest BCUT2D eigenvalue weighted by atomic mass is 127. The summed E-state index contributed by atoms with van der Waals surface area (Å²) in [4.78, 5) is 11.1. The molecule has 142 valence electrons. The van der Waals surface area contributed by atoms with Crippen LogP contribution in [0.4, 0.5) is 0 Å². The van der Waals surface area contributed by atoms with Gasteiger partial charge in [0.15, 0.2) is 5.96 Å². The van der Waals surface area contributed by atoms with E-state index in [9.17, 15) is 0 Å². The third-order valence-electron chi connectivity index (χ3n) is 4.06. The van der Waals surface area contributed by atoms with Crippen molar-refractivity contribution in [1.82, 2.24) is 20.5 Å². The Morgan fingerprint density at radius 2 is 1.96 bits per heavy atom. The maximum atomic E-state index is 5.77. The van der Waals surface area contributed by atoms with Crippen LogP contribution in [-0.4, -0.2) is 67.8 Å². The van der Waals surface area contributed by atoms with Crippen LogP contribution in [0.15, 0.2) is 29.4 Å². The summed E-state index contributed by atoms with van der Waals surface area (Å²) < 4.78 is 5.77. The third-order valence-corrected chi connectivity index (χ3v) is 4.06. The maximum absolute atomic E-state index is 5.77. The van der Waals surface area contributed by atoms with Crippen LogP contribution in [0.2, 0.25) is 0 Å². The molecule has 1 aliphatic heterocycles. The van der Waals surface area contributed by atoms with Crippen LogP contribution in [0.5, 0.6) is 0 Å².